The molecule has 1 aromatic rings. The van der Waals surface area contributed by atoms with Gasteiger partial charge in [0.1, 0.15) is 0 Å². The second kappa shape index (κ2) is 6.02. The van der Waals surface area contributed by atoms with E-state index in [0.717, 1.165) is 30.6 Å². The Morgan fingerprint density at radius 1 is 1.36 bits per heavy atom. The number of aromatic nitrogens is 1. The van der Waals surface area contributed by atoms with E-state index in [1.807, 2.05) is 7.05 Å². The molecule has 0 aliphatic carbocycles. The highest BCUT2D eigenvalue weighted by Crippen LogP contribution is 2.23. The largest absolute Gasteiger partial charge is 0.480 e. The molecule has 3 rings (SSSR count). The Kier molecular flexibility index (Phi) is 4.08. The number of carbonyl (C=O) groups excluding carboxylic acids is 1. The Bertz CT molecular complexity index is 604. The number of carboxylic acid groups (broad SMARTS) is 1. The molecule has 1 aromatic heterocycles. The number of hydrogen-bond acceptors (Lipinski definition) is 5. The second-order valence-corrected chi connectivity index (χ2v) is 5.74. The summed E-state index contributed by atoms with van der Waals surface area (Å²) in [6.07, 6.45) is 4.12. The minimum absolute atomic E-state index is 0.0340. The van der Waals surface area contributed by atoms with Crippen molar-refractivity contribution in [2.45, 2.75) is 19.0 Å². The number of nitrogens with zero attached hydrogens (tertiary/aromatic N) is 3. The van der Waals surface area contributed by atoms with Crippen LogP contribution in [0.25, 0.3) is 0 Å². The summed E-state index contributed by atoms with van der Waals surface area (Å²) < 4.78 is 5.19. The molecular formula is C15H19N3O4. The number of morpholine rings is 1. The van der Waals surface area contributed by atoms with Gasteiger partial charge in [-0.1, -0.05) is 0 Å². The number of carboxylic acids is 1. The minimum atomic E-state index is -1.04. The third kappa shape index (κ3) is 2.69. The molecule has 22 heavy (non-hydrogen) atoms. The summed E-state index contributed by atoms with van der Waals surface area (Å²) in [7, 11) is 2.03. The summed E-state index contributed by atoms with van der Waals surface area (Å²) in [6.45, 7) is 2.32. The third-order valence-corrected chi connectivity index (χ3v) is 4.24. The summed E-state index contributed by atoms with van der Waals surface area (Å²) in [5.41, 5.74) is 2.56. The van der Waals surface area contributed by atoms with Crippen LogP contribution in [0.15, 0.2) is 12.4 Å². The van der Waals surface area contributed by atoms with Gasteiger partial charge in [0, 0.05) is 32.0 Å². The quantitative estimate of drug-likeness (QED) is 0.828. The first-order valence-corrected chi connectivity index (χ1v) is 7.33. The number of aliphatic carboxylic acids is 1. The lowest BCUT2D eigenvalue weighted by atomic mass is 9.96. The number of hydrogen-bond donors (Lipinski definition) is 1. The first-order valence-electron chi connectivity index (χ1n) is 7.33. The Balaban J connectivity index is 1.92. The first-order chi connectivity index (χ1) is 10.6. The van der Waals surface area contributed by atoms with Crippen LogP contribution in [0.2, 0.25) is 0 Å². The van der Waals surface area contributed by atoms with E-state index in [2.05, 4.69) is 9.88 Å². The fourth-order valence-corrected chi connectivity index (χ4v) is 3.02. The van der Waals surface area contributed by atoms with Gasteiger partial charge in [-0.2, -0.15) is 0 Å². The van der Waals surface area contributed by atoms with E-state index in [9.17, 15) is 14.7 Å². The van der Waals surface area contributed by atoms with Crippen molar-refractivity contribution in [2.75, 3.05) is 33.4 Å². The van der Waals surface area contributed by atoms with Crippen LogP contribution in [0.3, 0.4) is 0 Å². The predicted octanol–water partition coefficient (Wildman–Crippen LogP) is -0.00490. The molecule has 7 heteroatoms. The van der Waals surface area contributed by atoms with Gasteiger partial charge in [0.05, 0.1) is 18.8 Å². The summed E-state index contributed by atoms with van der Waals surface area (Å²) in [5.74, 6) is -1.30. The zero-order valence-corrected chi connectivity index (χ0v) is 12.5. The average molecular weight is 305 g/mol. The van der Waals surface area contributed by atoms with E-state index in [4.69, 9.17) is 4.74 Å². The fourth-order valence-electron chi connectivity index (χ4n) is 3.02. The van der Waals surface area contributed by atoms with Crippen molar-refractivity contribution in [1.29, 1.82) is 0 Å². The molecule has 0 radical (unpaired) electrons. The molecular weight excluding hydrogens is 286 g/mol. The van der Waals surface area contributed by atoms with E-state index in [-0.39, 0.29) is 12.5 Å². The van der Waals surface area contributed by atoms with Crippen LogP contribution in [0.4, 0.5) is 0 Å². The SMILES string of the molecule is CN1CCc2c(cncc2C(=O)N2CCOCC2C(=O)O)C1. The summed E-state index contributed by atoms with van der Waals surface area (Å²) in [4.78, 5) is 31.9. The van der Waals surface area contributed by atoms with Gasteiger partial charge < -0.3 is 19.6 Å². The molecule has 1 atom stereocenters. The van der Waals surface area contributed by atoms with Crippen LogP contribution in [0.1, 0.15) is 21.5 Å². The van der Waals surface area contributed by atoms with Crippen molar-refractivity contribution in [3.8, 4) is 0 Å². The van der Waals surface area contributed by atoms with Gasteiger partial charge >= 0.3 is 5.97 Å². The first kappa shape index (κ1) is 14.9. The standard InChI is InChI=1S/C15H19N3O4/c1-17-3-2-11-10(8-17)6-16-7-12(11)14(19)18-4-5-22-9-13(18)15(20)21/h6-7,13H,2-5,8-9H2,1H3,(H,20,21). The van der Waals surface area contributed by atoms with E-state index < -0.39 is 12.0 Å². The van der Waals surface area contributed by atoms with Crippen molar-refractivity contribution in [3.63, 3.8) is 0 Å². The monoisotopic (exact) mass is 305 g/mol. The lowest BCUT2D eigenvalue weighted by Gasteiger charge is -2.34. The van der Waals surface area contributed by atoms with Crippen molar-refractivity contribution < 1.29 is 19.4 Å². The number of amides is 1. The van der Waals surface area contributed by atoms with Crippen molar-refractivity contribution in [2.24, 2.45) is 0 Å². The lowest BCUT2D eigenvalue weighted by molar-refractivity contribution is -0.147. The Morgan fingerprint density at radius 2 is 2.18 bits per heavy atom. The Hall–Kier alpha value is -1.99. The van der Waals surface area contributed by atoms with E-state index in [1.54, 1.807) is 12.4 Å². The molecule has 118 valence electrons. The topological polar surface area (TPSA) is 83.0 Å². The molecule has 1 unspecified atom stereocenters. The molecule has 2 aliphatic rings. The average Bonchev–Trinajstić information content (AvgIpc) is 2.53. The van der Waals surface area contributed by atoms with Gasteiger partial charge in [0.2, 0.25) is 0 Å². The zero-order chi connectivity index (χ0) is 15.7. The highest BCUT2D eigenvalue weighted by Gasteiger charge is 2.34. The number of rotatable bonds is 2. The van der Waals surface area contributed by atoms with Crippen LogP contribution in [-0.2, 0) is 22.5 Å². The van der Waals surface area contributed by atoms with Crippen LogP contribution < -0.4 is 0 Å². The summed E-state index contributed by atoms with van der Waals surface area (Å²) in [6, 6.07) is -0.927. The van der Waals surface area contributed by atoms with Crippen LogP contribution >= 0.6 is 0 Å². The highest BCUT2D eigenvalue weighted by molar-refractivity contribution is 5.98. The van der Waals surface area contributed by atoms with Gasteiger partial charge in [-0.25, -0.2) is 4.79 Å². The number of likely N-dealkylation sites (N-methyl/N-ethyl adjacent to an activating group) is 1. The maximum atomic E-state index is 12.8. The molecule has 1 amide bonds. The maximum absolute atomic E-state index is 12.8. The second-order valence-electron chi connectivity index (χ2n) is 5.74. The van der Waals surface area contributed by atoms with E-state index in [1.165, 1.54) is 4.90 Å². The summed E-state index contributed by atoms with van der Waals surface area (Å²) >= 11 is 0. The van der Waals surface area contributed by atoms with Crippen molar-refractivity contribution in [3.05, 3.63) is 29.1 Å². The Labute approximate surface area is 128 Å². The zero-order valence-electron chi connectivity index (χ0n) is 12.5. The van der Waals surface area contributed by atoms with Crippen LogP contribution in [-0.4, -0.2) is 71.2 Å². The molecule has 1 saturated heterocycles. The van der Waals surface area contributed by atoms with Crippen LogP contribution in [0, 0.1) is 0 Å². The molecule has 0 spiro atoms. The van der Waals surface area contributed by atoms with Gasteiger partial charge in [-0.15, -0.1) is 0 Å². The number of fused-ring (bicyclic) bond motifs is 1. The molecule has 2 aliphatic heterocycles. The maximum Gasteiger partial charge on any atom is 0.328 e. The van der Waals surface area contributed by atoms with Crippen LogP contribution in [0.5, 0.6) is 0 Å². The molecule has 1 N–H and O–H groups in total. The molecule has 3 heterocycles. The molecule has 0 aromatic carbocycles. The third-order valence-electron chi connectivity index (χ3n) is 4.24. The molecule has 0 bridgehead atoms. The molecule has 0 saturated carbocycles. The fraction of sp³-hybridized carbons (Fsp3) is 0.533. The van der Waals surface area contributed by atoms with Gasteiger partial charge in [-0.3, -0.25) is 9.78 Å². The lowest BCUT2D eigenvalue weighted by Crippen LogP contribution is -2.52. The van der Waals surface area contributed by atoms with Gasteiger partial charge in [0.15, 0.2) is 6.04 Å². The number of carbonyl (C=O) groups is 2. The van der Waals surface area contributed by atoms with E-state index >= 15 is 0 Å². The molecule has 1 fully saturated rings. The van der Waals surface area contributed by atoms with Gasteiger partial charge in [0.25, 0.3) is 5.91 Å². The Morgan fingerprint density at radius 3 is 2.95 bits per heavy atom. The molecule has 7 nitrogen and oxygen atoms in total. The highest BCUT2D eigenvalue weighted by atomic mass is 16.5. The van der Waals surface area contributed by atoms with E-state index in [0.29, 0.717) is 18.7 Å². The summed E-state index contributed by atoms with van der Waals surface area (Å²) in [5, 5.41) is 9.28. The minimum Gasteiger partial charge on any atom is -0.480 e. The van der Waals surface area contributed by atoms with Gasteiger partial charge in [-0.05, 0) is 24.6 Å². The number of ether oxygens (including phenoxy) is 1. The van der Waals surface area contributed by atoms with Crippen molar-refractivity contribution >= 4 is 11.9 Å². The normalized spacial score (nSPS) is 22.2. The smallest absolute Gasteiger partial charge is 0.328 e. The predicted molar refractivity (Wildman–Crippen MR) is 77.6 cm³/mol. The van der Waals surface area contributed by atoms with Crippen molar-refractivity contribution in [1.82, 2.24) is 14.8 Å². The number of pyridine rings is 1.